The van der Waals surface area contributed by atoms with Crippen molar-refractivity contribution in [2.24, 2.45) is 0 Å². The van der Waals surface area contributed by atoms with Crippen molar-refractivity contribution in [3.63, 3.8) is 0 Å². The average Bonchev–Trinajstić information content (AvgIpc) is 3.17. The molecule has 0 amide bonds. The summed E-state index contributed by atoms with van der Waals surface area (Å²) >= 11 is 0. The van der Waals surface area contributed by atoms with E-state index in [4.69, 9.17) is 4.42 Å². The molecule has 3 heteroatoms. The Morgan fingerprint density at radius 3 is 2.48 bits per heavy atom. The molecule has 0 aliphatic carbocycles. The van der Waals surface area contributed by atoms with E-state index in [-0.39, 0.29) is 5.41 Å². The second-order valence-electron chi connectivity index (χ2n) is 8.45. The lowest BCUT2D eigenvalue weighted by Gasteiger charge is -2.22. The van der Waals surface area contributed by atoms with Crippen LogP contribution in [0.1, 0.15) is 26.3 Å². The summed E-state index contributed by atoms with van der Waals surface area (Å²) in [6.45, 7) is 6.76. The van der Waals surface area contributed by atoms with Crippen LogP contribution in [0.3, 0.4) is 0 Å². The minimum atomic E-state index is 0.0406. The molecule has 2 aromatic carbocycles. The maximum Gasteiger partial charge on any atom is 0.137 e. The Morgan fingerprint density at radius 2 is 1.66 bits per heavy atom. The fourth-order valence-electron chi connectivity index (χ4n) is 3.85. The quantitative estimate of drug-likeness (QED) is 0.332. The molecule has 5 aromatic rings. The molecule has 0 aliphatic heterocycles. The van der Waals surface area contributed by atoms with Crippen LogP contribution in [-0.2, 0) is 5.41 Å². The fraction of sp³-hybridized carbons (Fsp3) is 0.154. The minimum absolute atomic E-state index is 0.0406. The van der Waals surface area contributed by atoms with Crippen LogP contribution in [0.4, 0.5) is 0 Å². The molecule has 5 rings (SSSR count). The summed E-state index contributed by atoms with van der Waals surface area (Å²) in [7, 11) is 0. The zero-order chi connectivity index (χ0) is 20.0. The number of aromatic nitrogens is 2. The van der Waals surface area contributed by atoms with Crippen molar-refractivity contribution in [2.75, 3.05) is 0 Å². The highest BCUT2D eigenvalue weighted by Crippen LogP contribution is 2.35. The SMILES string of the molecule is CC(C)(C)c1cc(-c2cc(-c3cc4cnccc4o3)ccn2)cc2ccccc12. The molecule has 3 heterocycles. The van der Waals surface area contributed by atoms with E-state index < -0.39 is 0 Å². The molecule has 0 unspecified atom stereocenters. The van der Waals surface area contributed by atoms with Gasteiger partial charge < -0.3 is 4.42 Å². The van der Waals surface area contributed by atoms with Gasteiger partial charge in [0, 0.05) is 35.1 Å². The normalized spacial score (nSPS) is 12.0. The van der Waals surface area contributed by atoms with Gasteiger partial charge in [0.15, 0.2) is 0 Å². The summed E-state index contributed by atoms with van der Waals surface area (Å²) in [5.74, 6) is 0.827. The van der Waals surface area contributed by atoms with E-state index >= 15 is 0 Å². The van der Waals surface area contributed by atoms with E-state index in [0.717, 1.165) is 33.6 Å². The zero-order valence-electron chi connectivity index (χ0n) is 16.8. The van der Waals surface area contributed by atoms with Crippen LogP contribution >= 0.6 is 0 Å². The van der Waals surface area contributed by atoms with Gasteiger partial charge in [0.2, 0.25) is 0 Å². The molecule has 0 radical (unpaired) electrons. The first kappa shape index (κ1) is 17.6. The Labute approximate surface area is 170 Å². The molecule has 29 heavy (non-hydrogen) atoms. The summed E-state index contributed by atoms with van der Waals surface area (Å²) in [5.41, 5.74) is 5.28. The Balaban J connectivity index is 1.67. The van der Waals surface area contributed by atoms with Crippen LogP contribution in [0.2, 0.25) is 0 Å². The lowest BCUT2D eigenvalue weighted by atomic mass is 9.82. The molecule has 0 bridgehead atoms. The summed E-state index contributed by atoms with van der Waals surface area (Å²) in [5, 5.41) is 3.53. The maximum absolute atomic E-state index is 6.03. The number of rotatable bonds is 2. The van der Waals surface area contributed by atoms with Crippen LogP contribution < -0.4 is 0 Å². The van der Waals surface area contributed by atoms with Crippen LogP contribution in [-0.4, -0.2) is 9.97 Å². The van der Waals surface area contributed by atoms with Crippen molar-refractivity contribution in [2.45, 2.75) is 26.2 Å². The summed E-state index contributed by atoms with van der Waals surface area (Å²) in [4.78, 5) is 8.84. The molecule has 142 valence electrons. The van der Waals surface area contributed by atoms with Gasteiger partial charge in [-0.15, -0.1) is 0 Å². The lowest BCUT2D eigenvalue weighted by Crippen LogP contribution is -2.12. The van der Waals surface area contributed by atoms with Gasteiger partial charge in [-0.25, -0.2) is 0 Å². The number of fused-ring (bicyclic) bond motifs is 2. The van der Waals surface area contributed by atoms with E-state index in [0.29, 0.717) is 0 Å². The largest absolute Gasteiger partial charge is 0.456 e. The zero-order valence-corrected chi connectivity index (χ0v) is 16.8. The predicted molar refractivity (Wildman–Crippen MR) is 119 cm³/mol. The molecule has 0 spiro atoms. The van der Waals surface area contributed by atoms with Gasteiger partial charge >= 0.3 is 0 Å². The van der Waals surface area contributed by atoms with Crippen LogP contribution in [0, 0.1) is 0 Å². The molecule has 0 N–H and O–H groups in total. The number of pyridine rings is 2. The third-order valence-electron chi connectivity index (χ3n) is 5.33. The number of furan rings is 1. The van der Waals surface area contributed by atoms with Crippen molar-refractivity contribution in [3.8, 4) is 22.6 Å². The molecule has 0 atom stereocenters. The third kappa shape index (κ3) is 3.19. The van der Waals surface area contributed by atoms with Crippen molar-refractivity contribution < 1.29 is 4.42 Å². The lowest BCUT2D eigenvalue weighted by molar-refractivity contribution is 0.596. The Hall–Kier alpha value is -3.46. The Bertz CT molecular complexity index is 1310. The van der Waals surface area contributed by atoms with E-state index in [2.05, 4.69) is 73.2 Å². The third-order valence-corrected chi connectivity index (χ3v) is 5.33. The number of hydrogen-bond donors (Lipinski definition) is 0. The van der Waals surface area contributed by atoms with Gasteiger partial charge in [0.05, 0.1) is 5.69 Å². The minimum Gasteiger partial charge on any atom is -0.456 e. The Kier molecular flexibility index (Phi) is 3.99. The van der Waals surface area contributed by atoms with Crippen LogP contribution in [0.15, 0.2) is 83.7 Å². The highest BCUT2D eigenvalue weighted by Gasteiger charge is 2.19. The van der Waals surface area contributed by atoms with Gasteiger partial charge in [0.25, 0.3) is 0 Å². The second kappa shape index (κ2) is 6.56. The van der Waals surface area contributed by atoms with E-state index in [9.17, 15) is 0 Å². The van der Waals surface area contributed by atoms with Crippen molar-refractivity contribution in [1.82, 2.24) is 9.97 Å². The molecule has 0 fully saturated rings. The van der Waals surface area contributed by atoms with Gasteiger partial charge in [0.1, 0.15) is 11.3 Å². The van der Waals surface area contributed by atoms with Crippen molar-refractivity contribution >= 4 is 21.7 Å². The molecular weight excluding hydrogens is 356 g/mol. The van der Waals surface area contributed by atoms with Crippen molar-refractivity contribution in [3.05, 3.63) is 84.8 Å². The molecule has 3 aromatic heterocycles. The highest BCUT2D eigenvalue weighted by atomic mass is 16.3. The van der Waals surface area contributed by atoms with Gasteiger partial charge in [-0.1, -0.05) is 45.0 Å². The smallest absolute Gasteiger partial charge is 0.137 e. The molecule has 0 aliphatic rings. The summed E-state index contributed by atoms with van der Waals surface area (Å²) in [6.07, 6.45) is 5.42. The first-order valence-corrected chi connectivity index (χ1v) is 9.83. The van der Waals surface area contributed by atoms with E-state index in [1.807, 2.05) is 30.6 Å². The molecular formula is C26H22N2O. The summed E-state index contributed by atoms with van der Waals surface area (Å²) < 4.78 is 6.03. The number of benzene rings is 2. The average molecular weight is 378 g/mol. The van der Waals surface area contributed by atoms with Crippen LogP contribution in [0.25, 0.3) is 44.3 Å². The second-order valence-corrected chi connectivity index (χ2v) is 8.45. The number of nitrogens with zero attached hydrogens (tertiary/aromatic N) is 2. The summed E-state index contributed by atoms with van der Waals surface area (Å²) in [6, 6.07) is 21.1. The number of hydrogen-bond acceptors (Lipinski definition) is 3. The first-order valence-electron chi connectivity index (χ1n) is 9.83. The Morgan fingerprint density at radius 1 is 0.793 bits per heavy atom. The van der Waals surface area contributed by atoms with Gasteiger partial charge in [-0.05, 0) is 58.1 Å². The van der Waals surface area contributed by atoms with Crippen LogP contribution in [0.5, 0.6) is 0 Å². The standard InChI is InChI=1S/C26H22N2O/c1-26(2,3)22-13-19(12-17-6-4-5-7-21(17)22)23-14-18(8-11-28-23)25-15-20-16-27-10-9-24(20)29-25/h4-16H,1-3H3. The fourth-order valence-corrected chi connectivity index (χ4v) is 3.85. The molecule has 0 saturated heterocycles. The van der Waals surface area contributed by atoms with Gasteiger partial charge in [-0.2, -0.15) is 0 Å². The first-order chi connectivity index (χ1) is 14.0. The molecule has 0 saturated carbocycles. The molecule has 3 nitrogen and oxygen atoms in total. The topological polar surface area (TPSA) is 38.9 Å². The maximum atomic E-state index is 6.03. The van der Waals surface area contributed by atoms with Gasteiger partial charge in [-0.3, -0.25) is 9.97 Å². The monoisotopic (exact) mass is 378 g/mol. The van der Waals surface area contributed by atoms with E-state index in [1.165, 1.54) is 16.3 Å². The van der Waals surface area contributed by atoms with E-state index in [1.54, 1.807) is 6.20 Å². The van der Waals surface area contributed by atoms with Crippen molar-refractivity contribution in [1.29, 1.82) is 0 Å². The predicted octanol–water partition coefficient (Wildman–Crippen LogP) is 7.01. The highest BCUT2D eigenvalue weighted by molar-refractivity contribution is 5.91.